The number of nitrogens with zero attached hydrogens (tertiary/aromatic N) is 4. The smallest absolute Gasteiger partial charge is 0.261 e. The molecule has 1 saturated heterocycles. The lowest BCUT2D eigenvalue weighted by Crippen LogP contribution is -2.38. The van der Waals surface area contributed by atoms with Gasteiger partial charge in [0.25, 0.3) is 5.56 Å². The highest BCUT2D eigenvalue weighted by Gasteiger charge is 2.18. The molecule has 0 bridgehead atoms. The Kier molecular flexibility index (Phi) is 6.98. The molecule has 1 aliphatic heterocycles. The second kappa shape index (κ2) is 10.5. The Bertz CT molecular complexity index is 1390. The van der Waals surface area contributed by atoms with Gasteiger partial charge in [0.2, 0.25) is 5.91 Å². The summed E-state index contributed by atoms with van der Waals surface area (Å²) < 4.78 is 7.24. The van der Waals surface area contributed by atoms with Gasteiger partial charge in [0.15, 0.2) is 0 Å². The van der Waals surface area contributed by atoms with Crippen molar-refractivity contribution >= 4 is 28.1 Å². The molecule has 0 atom stereocenters. The van der Waals surface area contributed by atoms with Crippen LogP contribution in [0, 0.1) is 0 Å². The number of morpholine rings is 1. The first kappa shape index (κ1) is 23.3. The van der Waals surface area contributed by atoms with Crippen LogP contribution in [0.1, 0.15) is 23.3 Å². The molecule has 2 aromatic heterocycles. The zero-order valence-electron chi connectivity index (χ0n) is 19.6. The van der Waals surface area contributed by atoms with Gasteiger partial charge in [0.05, 0.1) is 42.9 Å². The minimum Gasteiger partial charge on any atom is -0.379 e. The van der Waals surface area contributed by atoms with Gasteiger partial charge >= 0.3 is 0 Å². The van der Waals surface area contributed by atoms with E-state index < -0.39 is 0 Å². The number of nitrogens with one attached hydrogen (secondary N) is 1. The van der Waals surface area contributed by atoms with Crippen LogP contribution < -0.4 is 10.9 Å². The van der Waals surface area contributed by atoms with Crippen molar-refractivity contribution in [1.29, 1.82) is 0 Å². The maximum absolute atomic E-state index is 13.4. The molecule has 1 N–H and O–H groups in total. The number of benzene rings is 2. The maximum atomic E-state index is 13.4. The second-order valence-corrected chi connectivity index (χ2v) is 9.50. The minimum atomic E-state index is -0.0513. The monoisotopic (exact) mass is 489 g/mol. The number of para-hydroxylation sites is 1. The summed E-state index contributed by atoms with van der Waals surface area (Å²) in [6.07, 6.45) is 0. The van der Waals surface area contributed by atoms with Crippen molar-refractivity contribution < 1.29 is 9.53 Å². The Morgan fingerprint density at radius 1 is 1.06 bits per heavy atom. The minimum absolute atomic E-state index is 0.0436. The Morgan fingerprint density at radius 3 is 2.60 bits per heavy atom. The summed E-state index contributed by atoms with van der Waals surface area (Å²) in [5.74, 6) is 0.694. The molecule has 4 aromatic rings. The van der Waals surface area contributed by atoms with Crippen LogP contribution in [0.3, 0.4) is 0 Å². The first-order valence-electron chi connectivity index (χ1n) is 11.6. The van der Waals surface area contributed by atoms with E-state index in [0.717, 1.165) is 46.3 Å². The van der Waals surface area contributed by atoms with Crippen LogP contribution in [-0.4, -0.2) is 51.6 Å². The first-order chi connectivity index (χ1) is 17.1. The fraction of sp³-hybridized carbons (Fsp3) is 0.308. The number of carbonyl (C=O) groups is 1. The highest BCUT2D eigenvalue weighted by atomic mass is 32.1. The van der Waals surface area contributed by atoms with Crippen LogP contribution in [-0.2, 0) is 29.2 Å². The zero-order chi connectivity index (χ0) is 24.2. The lowest BCUT2D eigenvalue weighted by molar-refractivity contribution is -0.119. The predicted octanol–water partition coefficient (Wildman–Crippen LogP) is 3.04. The highest BCUT2D eigenvalue weighted by Crippen LogP contribution is 2.23. The van der Waals surface area contributed by atoms with Crippen molar-refractivity contribution in [2.75, 3.05) is 26.3 Å². The summed E-state index contributed by atoms with van der Waals surface area (Å²) in [7, 11) is 0. The van der Waals surface area contributed by atoms with E-state index in [1.165, 1.54) is 18.3 Å². The van der Waals surface area contributed by atoms with Crippen molar-refractivity contribution in [2.45, 2.75) is 26.6 Å². The predicted molar refractivity (Wildman–Crippen MR) is 136 cm³/mol. The van der Waals surface area contributed by atoms with Gasteiger partial charge in [-0.25, -0.2) is 9.97 Å². The number of rotatable bonds is 7. The Labute approximate surface area is 207 Å². The van der Waals surface area contributed by atoms with E-state index in [-0.39, 0.29) is 11.5 Å². The van der Waals surface area contributed by atoms with Gasteiger partial charge in [-0.2, -0.15) is 0 Å². The van der Waals surface area contributed by atoms with Gasteiger partial charge in [-0.15, -0.1) is 11.3 Å². The van der Waals surface area contributed by atoms with Gasteiger partial charge < -0.3 is 10.1 Å². The lowest BCUT2D eigenvalue weighted by atomic mass is 10.1. The number of fused-ring (bicyclic) bond motifs is 1. The Morgan fingerprint density at radius 2 is 1.83 bits per heavy atom. The average Bonchev–Trinajstić information content (AvgIpc) is 3.35. The zero-order valence-corrected chi connectivity index (χ0v) is 20.4. The van der Waals surface area contributed by atoms with Gasteiger partial charge in [0, 0.05) is 37.5 Å². The molecule has 0 aliphatic carbocycles. The molecule has 180 valence electrons. The van der Waals surface area contributed by atoms with Crippen LogP contribution >= 0.6 is 11.3 Å². The summed E-state index contributed by atoms with van der Waals surface area (Å²) >= 11 is 1.54. The third-order valence-electron chi connectivity index (χ3n) is 6.05. The molecule has 3 heterocycles. The molecule has 1 aliphatic rings. The van der Waals surface area contributed by atoms with E-state index >= 15 is 0 Å². The molecule has 2 aromatic carbocycles. The van der Waals surface area contributed by atoms with Crippen molar-refractivity contribution in [1.82, 2.24) is 24.8 Å². The van der Waals surface area contributed by atoms with Crippen molar-refractivity contribution in [3.63, 3.8) is 0 Å². The molecule has 8 nitrogen and oxygen atoms in total. The molecule has 0 radical (unpaired) electrons. The summed E-state index contributed by atoms with van der Waals surface area (Å²) in [6.45, 7) is 6.01. The number of thiazole rings is 1. The van der Waals surface area contributed by atoms with Crippen molar-refractivity contribution in [3.8, 4) is 11.3 Å². The van der Waals surface area contributed by atoms with E-state index in [0.29, 0.717) is 38.2 Å². The molecule has 35 heavy (non-hydrogen) atoms. The third-order valence-corrected chi connectivity index (χ3v) is 6.88. The summed E-state index contributed by atoms with van der Waals surface area (Å²) in [6, 6.07) is 15.5. The maximum Gasteiger partial charge on any atom is 0.261 e. The van der Waals surface area contributed by atoms with Gasteiger partial charge in [0.1, 0.15) is 10.8 Å². The average molecular weight is 490 g/mol. The quantitative estimate of drug-likeness (QED) is 0.429. The normalized spacial score (nSPS) is 14.3. The van der Waals surface area contributed by atoms with E-state index in [9.17, 15) is 9.59 Å². The Hall–Kier alpha value is -3.40. The molecule has 1 fully saturated rings. The van der Waals surface area contributed by atoms with Crippen LogP contribution in [0.4, 0.5) is 0 Å². The molecular formula is C26H27N5O3S. The van der Waals surface area contributed by atoms with Crippen molar-refractivity contribution in [2.24, 2.45) is 0 Å². The third kappa shape index (κ3) is 5.48. The van der Waals surface area contributed by atoms with Crippen LogP contribution in [0.5, 0.6) is 0 Å². The van der Waals surface area contributed by atoms with E-state index in [1.54, 1.807) is 4.57 Å². The molecule has 9 heteroatoms. The standard InChI is InChI=1S/C26H27N5O3S/c1-18(32)27-14-19-6-8-20(9-7-19)23-17-35-25(29-23)16-31-24(15-30-10-12-34-13-11-30)28-22-5-3-2-4-21(22)26(31)33/h2-9,17H,10-16H2,1H3,(H,27,32). The van der Waals surface area contributed by atoms with Crippen molar-refractivity contribution in [3.05, 3.63) is 80.7 Å². The summed E-state index contributed by atoms with van der Waals surface area (Å²) in [4.78, 5) is 36.5. The molecular weight excluding hydrogens is 462 g/mol. The van der Waals surface area contributed by atoms with E-state index in [4.69, 9.17) is 14.7 Å². The topological polar surface area (TPSA) is 89.4 Å². The summed E-state index contributed by atoms with van der Waals surface area (Å²) in [5, 5.41) is 6.28. The first-order valence-corrected chi connectivity index (χ1v) is 12.5. The SMILES string of the molecule is CC(=O)NCc1ccc(-c2csc(Cn3c(CN4CCOCC4)nc4ccccc4c3=O)n2)cc1. The molecule has 1 amide bonds. The lowest BCUT2D eigenvalue weighted by Gasteiger charge is -2.27. The highest BCUT2D eigenvalue weighted by molar-refractivity contribution is 7.09. The van der Waals surface area contributed by atoms with Gasteiger partial charge in [-0.05, 0) is 17.7 Å². The number of amides is 1. The summed E-state index contributed by atoms with van der Waals surface area (Å²) in [5.41, 5.74) is 3.57. The number of carbonyl (C=O) groups excluding carboxylic acids is 1. The molecule has 5 rings (SSSR count). The Balaban J connectivity index is 1.41. The molecule has 0 saturated carbocycles. The van der Waals surface area contributed by atoms with Crippen LogP contribution in [0.2, 0.25) is 0 Å². The van der Waals surface area contributed by atoms with Gasteiger partial charge in [-0.3, -0.25) is 19.1 Å². The number of ether oxygens (including phenoxy) is 1. The number of hydrogen-bond acceptors (Lipinski definition) is 7. The van der Waals surface area contributed by atoms with Crippen LogP contribution in [0.25, 0.3) is 22.2 Å². The molecule has 0 unspecified atom stereocenters. The number of aromatic nitrogens is 3. The van der Waals surface area contributed by atoms with Gasteiger partial charge in [-0.1, -0.05) is 36.4 Å². The largest absolute Gasteiger partial charge is 0.379 e. The second-order valence-electron chi connectivity index (χ2n) is 8.56. The number of hydrogen-bond donors (Lipinski definition) is 1. The molecule has 0 spiro atoms. The fourth-order valence-corrected chi connectivity index (χ4v) is 4.92. The van der Waals surface area contributed by atoms with E-state index in [1.807, 2.05) is 53.9 Å². The van der Waals surface area contributed by atoms with E-state index in [2.05, 4.69) is 10.2 Å². The fourth-order valence-electron chi connectivity index (χ4n) is 4.13. The van der Waals surface area contributed by atoms with Crippen LogP contribution in [0.15, 0.2) is 58.7 Å².